The van der Waals surface area contributed by atoms with Gasteiger partial charge >= 0.3 is 0 Å². The lowest BCUT2D eigenvalue weighted by atomic mass is 10.2. The van der Waals surface area contributed by atoms with Crippen molar-refractivity contribution in [3.63, 3.8) is 0 Å². The zero-order valence-electron chi connectivity index (χ0n) is 14.5. The van der Waals surface area contributed by atoms with E-state index in [1.54, 1.807) is 0 Å². The highest BCUT2D eigenvalue weighted by Gasteiger charge is 2.21. The molecule has 7 heteroatoms. The van der Waals surface area contributed by atoms with Crippen LogP contribution >= 0.6 is 0 Å². The molecular weight excluding hydrogens is 354 g/mol. The van der Waals surface area contributed by atoms with Crippen molar-refractivity contribution in [2.75, 3.05) is 42.7 Å². The molecule has 0 radical (unpaired) electrons. The molecule has 26 heavy (non-hydrogen) atoms. The third kappa shape index (κ3) is 5.37. The second kappa shape index (κ2) is 8.42. The van der Waals surface area contributed by atoms with E-state index in [0.717, 1.165) is 5.69 Å². The summed E-state index contributed by atoms with van der Waals surface area (Å²) in [6.07, 6.45) is -0.734. The Morgan fingerprint density at radius 3 is 2.00 bits per heavy atom. The molecule has 1 N–H and O–H groups in total. The number of para-hydroxylation sites is 1. The molecule has 0 aliphatic carbocycles. The average molecular weight is 377 g/mol. The van der Waals surface area contributed by atoms with E-state index >= 15 is 0 Å². The number of aliphatic hydroxyl groups is 1. The standard InChI is InChI=1S/C19H23NO5S/c21-17(14-24-18-4-2-1-3-5-18)15-25-19-8-6-16(7-9-19)20-10-12-26(22,23)13-11-20/h1-9,17,21H,10-15H2. The van der Waals surface area contributed by atoms with Gasteiger partial charge in [-0.05, 0) is 36.4 Å². The number of benzene rings is 2. The third-order valence-electron chi connectivity index (χ3n) is 4.17. The van der Waals surface area contributed by atoms with Crippen LogP contribution in [0.25, 0.3) is 0 Å². The molecular formula is C19H23NO5S. The normalized spacial score (nSPS) is 17.5. The minimum Gasteiger partial charge on any atom is -0.491 e. The molecule has 1 heterocycles. The van der Waals surface area contributed by atoms with Crippen molar-refractivity contribution in [2.24, 2.45) is 0 Å². The van der Waals surface area contributed by atoms with Crippen LogP contribution in [0.2, 0.25) is 0 Å². The van der Waals surface area contributed by atoms with Crippen LogP contribution in [0, 0.1) is 0 Å². The zero-order chi connectivity index (χ0) is 18.4. The van der Waals surface area contributed by atoms with E-state index in [4.69, 9.17) is 9.47 Å². The summed E-state index contributed by atoms with van der Waals surface area (Å²) in [7, 11) is -2.88. The molecule has 1 unspecified atom stereocenters. The molecule has 1 aliphatic heterocycles. The van der Waals surface area contributed by atoms with Crippen molar-refractivity contribution < 1.29 is 23.0 Å². The Hall–Kier alpha value is -2.25. The minimum atomic E-state index is -2.88. The van der Waals surface area contributed by atoms with Gasteiger partial charge in [-0.1, -0.05) is 18.2 Å². The van der Waals surface area contributed by atoms with Gasteiger partial charge in [-0.25, -0.2) is 8.42 Å². The summed E-state index contributed by atoms with van der Waals surface area (Å²) in [6, 6.07) is 16.8. The van der Waals surface area contributed by atoms with Gasteiger partial charge in [-0.3, -0.25) is 0 Å². The van der Waals surface area contributed by atoms with Crippen molar-refractivity contribution in [1.29, 1.82) is 0 Å². The van der Waals surface area contributed by atoms with Gasteiger partial charge in [0.15, 0.2) is 9.84 Å². The number of hydrogen-bond acceptors (Lipinski definition) is 6. The Balaban J connectivity index is 1.44. The van der Waals surface area contributed by atoms with Crippen molar-refractivity contribution in [2.45, 2.75) is 6.10 Å². The Kier molecular flexibility index (Phi) is 6.00. The summed E-state index contributed by atoms with van der Waals surface area (Å²) in [5.74, 6) is 1.74. The molecule has 2 aromatic rings. The summed E-state index contributed by atoms with van der Waals surface area (Å²) in [6.45, 7) is 1.31. The fraction of sp³-hybridized carbons (Fsp3) is 0.368. The predicted molar refractivity (Wildman–Crippen MR) is 101 cm³/mol. The van der Waals surface area contributed by atoms with Crippen molar-refractivity contribution in [3.8, 4) is 11.5 Å². The lowest BCUT2D eigenvalue weighted by Gasteiger charge is -2.28. The second-order valence-corrected chi connectivity index (χ2v) is 8.53. The number of nitrogens with zero attached hydrogens (tertiary/aromatic N) is 1. The summed E-state index contributed by atoms with van der Waals surface area (Å²) in [4.78, 5) is 2.05. The van der Waals surface area contributed by atoms with E-state index in [-0.39, 0.29) is 24.7 Å². The van der Waals surface area contributed by atoms with E-state index in [2.05, 4.69) is 0 Å². The maximum atomic E-state index is 11.5. The molecule has 1 saturated heterocycles. The molecule has 140 valence electrons. The molecule has 3 rings (SSSR count). The van der Waals surface area contributed by atoms with E-state index in [0.29, 0.717) is 24.6 Å². The highest BCUT2D eigenvalue weighted by atomic mass is 32.2. The van der Waals surface area contributed by atoms with E-state index in [1.165, 1.54) is 0 Å². The number of rotatable bonds is 7. The van der Waals surface area contributed by atoms with Crippen LogP contribution < -0.4 is 14.4 Å². The van der Waals surface area contributed by atoms with Gasteiger partial charge in [0, 0.05) is 18.8 Å². The maximum Gasteiger partial charge on any atom is 0.153 e. The van der Waals surface area contributed by atoms with Crippen LogP contribution in [0.3, 0.4) is 0 Å². The Morgan fingerprint density at radius 2 is 1.42 bits per heavy atom. The van der Waals surface area contributed by atoms with Gasteiger partial charge in [0.2, 0.25) is 0 Å². The van der Waals surface area contributed by atoms with Crippen LogP contribution in [-0.4, -0.2) is 57.4 Å². The molecule has 0 saturated carbocycles. The van der Waals surface area contributed by atoms with Gasteiger partial charge in [0.05, 0.1) is 11.5 Å². The number of aliphatic hydroxyl groups excluding tert-OH is 1. The van der Waals surface area contributed by atoms with Gasteiger partial charge < -0.3 is 19.5 Å². The van der Waals surface area contributed by atoms with Crippen molar-refractivity contribution >= 4 is 15.5 Å². The van der Waals surface area contributed by atoms with Crippen LogP contribution in [-0.2, 0) is 9.84 Å². The Bertz CT molecular complexity index is 778. The monoisotopic (exact) mass is 377 g/mol. The molecule has 0 aromatic heterocycles. The van der Waals surface area contributed by atoms with Gasteiger partial charge in [0.1, 0.15) is 30.8 Å². The summed E-state index contributed by atoms with van der Waals surface area (Å²) in [5.41, 5.74) is 0.972. The highest BCUT2D eigenvalue weighted by molar-refractivity contribution is 7.91. The highest BCUT2D eigenvalue weighted by Crippen LogP contribution is 2.21. The van der Waals surface area contributed by atoms with Crippen LogP contribution in [0.4, 0.5) is 5.69 Å². The molecule has 1 fully saturated rings. The quantitative estimate of drug-likeness (QED) is 0.792. The molecule has 0 bridgehead atoms. The largest absolute Gasteiger partial charge is 0.491 e. The van der Waals surface area contributed by atoms with Gasteiger partial charge in [-0.15, -0.1) is 0 Å². The van der Waals surface area contributed by atoms with Crippen LogP contribution in [0.15, 0.2) is 54.6 Å². The molecule has 6 nitrogen and oxygen atoms in total. The minimum absolute atomic E-state index is 0.133. The topological polar surface area (TPSA) is 76.1 Å². The third-order valence-corrected chi connectivity index (χ3v) is 5.78. The lowest BCUT2D eigenvalue weighted by Crippen LogP contribution is -2.40. The Labute approximate surface area is 153 Å². The summed E-state index contributed by atoms with van der Waals surface area (Å²) < 4.78 is 34.1. The maximum absolute atomic E-state index is 11.5. The predicted octanol–water partition coefficient (Wildman–Crippen LogP) is 1.74. The smallest absolute Gasteiger partial charge is 0.153 e. The fourth-order valence-corrected chi connectivity index (χ4v) is 3.87. The first-order valence-electron chi connectivity index (χ1n) is 8.56. The number of sulfone groups is 1. The average Bonchev–Trinajstić information content (AvgIpc) is 2.66. The number of hydrogen-bond donors (Lipinski definition) is 1. The zero-order valence-corrected chi connectivity index (χ0v) is 15.3. The van der Waals surface area contributed by atoms with E-state index < -0.39 is 15.9 Å². The molecule has 1 aliphatic rings. The van der Waals surface area contributed by atoms with Crippen molar-refractivity contribution in [3.05, 3.63) is 54.6 Å². The SMILES string of the molecule is O=S1(=O)CCN(c2ccc(OCC(O)COc3ccccc3)cc2)CC1. The molecule has 0 spiro atoms. The summed E-state index contributed by atoms with van der Waals surface area (Å²) in [5, 5.41) is 9.96. The van der Waals surface area contributed by atoms with Crippen molar-refractivity contribution in [1.82, 2.24) is 0 Å². The first-order chi connectivity index (χ1) is 12.5. The Morgan fingerprint density at radius 1 is 0.885 bits per heavy atom. The number of ether oxygens (including phenoxy) is 2. The number of anilines is 1. The summed E-state index contributed by atoms with van der Waals surface area (Å²) >= 11 is 0. The first kappa shape index (κ1) is 18.5. The van der Waals surface area contributed by atoms with Gasteiger partial charge in [0.25, 0.3) is 0 Å². The molecule has 2 aromatic carbocycles. The molecule has 1 atom stereocenters. The van der Waals surface area contributed by atoms with E-state index in [1.807, 2.05) is 59.5 Å². The molecule has 0 amide bonds. The van der Waals surface area contributed by atoms with Crippen LogP contribution in [0.5, 0.6) is 11.5 Å². The van der Waals surface area contributed by atoms with E-state index in [9.17, 15) is 13.5 Å². The van der Waals surface area contributed by atoms with Crippen LogP contribution in [0.1, 0.15) is 0 Å². The second-order valence-electron chi connectivity index (χ2n) is 6.22. The lowest BCUT2D eigenvalue weighted by molar-refractivity contribution is 0.0626. The first-order valence-corrected chi connectivity index (χ1v) is 10.4. The van der Waals surface area contributed by atoms with Gasteiger partial charge in [-0.2, -0.15) is 0 Å². The fourth-order valence-electron chi connectivity index (χ4n) is 2.67.